The van der Waals surface area contributed by atoms with Gasteiger partial charge in [0.2, 0.25) is 0 Å². The summed E-state index contributed by atoms with van der Waals surface area (Å²) in [5.41, 5.74) is 0. The minimum Gasteiger partial charge on any atom is -0.481 e. The number of nitrogens with zero attached hydrogens (tertiary/aromatic N) is 2. The molecule has 1 saturated heterocycles. The maximum Gasteiger partial charge on any atom is 0.319 e. The molecule has 5 heteroatoms. The molecule has 0 aromatic rings. The van der Waals surface area contributed by atoms with E-state index in [0.29, 0.717) is 19.6 Å². The van der Waals surface area contributed by atoms with Gasteiger partial charge in [0.1, 0.15) is 0 Å². The van der Waals surface area contributed by atoms with Gasteiger partial charge in [-0.1, -0.05) is 6.92 Å². The second kappa shape index (κ2) is 4.51. The summed E-state index contributed by atoms with van der Waals surface area (Å²) >= 11 is 0. The van der Waals surface area contributed by atoms with Crippen molar-refractivity contribution in [3.63, 3.8) is 0 Å². The zero-order valence-corrected chi connectivity index (χ0v) is 9.43. The number of amides is 2. The Bertz CT molecular complexity index is 267. The molecule has 0 aliphatic carbocycles. The Hall–Kier alpha value is -1.26. The van der Waals surface area contributed by atoms with E-state index in [2.05, 4.69) is 0 Å². The molecule has 0 saturated carbocycles. The molecule has 1 aliphatic heterocycles. The Morgan fingerprint density at radius 2 is 2.07 bits per heavy atom. The first kappa shape index (κ1) is 11.8. The average Bonchev–Trinajstić information content (AvgIpc) is 2.58. The van der Waals surface area contributed by atoms with E-state index >= 15 is 0 Å². The van der Waals surface area contributed by atoms with Gasteiger partial charge in [0.25, 0.3) is 0 Å². The number of likely N-dealkylation sites (tertiary alicyclic amines) is 1. The molecule has 1 N–H and O–H groups in total. The van der Waals surface area contributed by atoms with Crippen LogP contribution < -0.4 is 0 Å². The standard InChI is InChI=1S/C10H18N2O3/c1-4-11(3)10(15)12-5-7(2)8(6-12)9(13)14/h7-8H,4-6H2,1-3H3,(H,13,14)/t7-,8-/m1/s1. The summed E-state index contributed by atoms with van der Waals surface area (Å²) in [7, 11) is 1.72. The van der Waals surface area contributed by atoms with Crippen molar-refractivity contribution < 1.29 is 14.7 Å². The molecule has 0 unspecified atom stereocenters. The van der Waals surface area contributed by atoms with Crippen LogP contribution in [0.4, 0.5) is 4.79 Å². The number of carboxylic acid groups (broad SMARTS) is 1. The number of carbonyl (C=O) groups excluding carboxylic acids is 1. The highest BCUT2D eigenvalue weighted by molar-refractivity contribution is 5.77. The minimum absolute atomic E-state index is 0.0386. The van der Waals surface area contributed by atoms with Crippen LogP contribution in [0.1, 0.15) is 13.8 Å². The Morgan fingerprint density at radius 1 is 1.47 bits per heavy atom. The topological polar surface area (TPSA) is 60.9 Å². The molecule has 1 heterocycles. The zero-order chi connectivity index (χ0) is 11.6. The third kappa shape index (κ3) is 2.40. The Balaban J connectivity index is 2.62. The highest BCUT2D eigenvalue weighted by Crippen LogP contribution is 2.23. The first-order valence-corrected chi connectivity index (χ1v) is 5.20. The molecule has 0 aromatic heterocycles. The number of carbonyl (C=O) groups is 2. The molecule has 0 bridgehead atoms. The van der Waals surface area contributed by atoms with E-state index in [1.165, 1.54) is 0 Å². The maximum absolute atomic E-state index is 11.7. The summed E-state index contributed by atoms with van der Waals surface area (Å²) in [6.45, 7) is 5.28. The van der Waals surface area contributed by atoms with Crippen LogP contribution in [0.15, 0.2) is 0 Å². The number of rotatable bonds is 2. The lowest BCUT2D eigenvalue weighted by Gasteiger charge is -2.23. The van der Waals surface area contributed by atoms with Gasteiger partial charge in [0, 0.05) is 26.7 Å². The SMILES string of the molecule is CCN(C)C(=O)N1C[C@@H](C)[C@H](C(=O)O)C1. The largest absolute Gasteiger partial charge is 0.481 e. The smallest absolute Gasteiger partial charge is 0.319 e. The second-order valence-electron chi connectivity index (χ2n) is 4.12. The highest BCUT2D eigenvalue weighted by Gasteiger charge is 2.37. The number of urea groups is 1. The van der Waals surface area contributed by atoms with Crippen LogP contribution in [0.25, 0.3) is 0 Å². The normalized spacial score (nSPS) is 25.4. The Morgan fingerprint density at radius 3 is 2.47 bits per heavy atom. The Labute approximate surface area is 89.7 Å². The third-order valence-electron chi connectivity index (χ3n) is 3.00. The van der Waals surface area contributed by atoms with Crippen molar-refractivity contribution in [3.05, 3.63) is 0 Å². The number of aliphatic carboxylic acids is 1. The molecular weight excluding hydrogens is 196 g/mol. The number of hydrogen-bond acceptors (Lipinski definition) is 2. The van der Waals surface area contributed by atoms with Crippen molar-refractivity contribution in [2.75, 3.05) is 26.7 Å². The monoisotopic (exact) mass is 214 g/mol. The molecule has 0 radical (unpaired) electrons. The second-order valence-corrected chi connectivity index (χ2v) is 4.12. The van der Waals surface area contributed by atoms with E-state index in [1.807, 2.05) is 13.8 Å². The predicted molar refractivity (Wildman–Crippen MR) is 55.6 cm³/mol. The van der Waals surface area contributed by atoms with E-state index in [4.69, 9.17) is 5.11 Å². The van der Waals surface area contributed by atoms with Crippen LogP contribution in [0.3, 0.4) is 0 Å². The molecule has 2 atom stereocenters. The molecule has 0 spiro atoms. The molecule has 1 fully saturated rings. The van der Waals surface area contributed by atoms with Crippen molar-refractivity contribution in [2.45, 2.75) is 13.8 Å². The molecule has 86 valence electrons. The van der Waals surface area contributed by atoms with E-state index in [0.717, 1.165) is 0 Å². The van der Waals surface area contributed by atoms with Crippen LogP contribution in [-0.2, 0) is 4.79 Å². The van der Waals surface area contributed by atoms with Crippen LogP contribution in [0.5, 0.6) is 0 Å². The zero-order valence-electron chi connectivity index (χ0n) is 9.43. The van der Waals surface area contributed by atoms with Gasteiger partial charge in [-0.2, -0.15) is 0 Å². The number of carboxylic acids is 1. The van der Waals surface area contributed by atoms with Crippen molar-refractivity contribution in [1.29, 1.82) is 0 Å². The van der Waals surface area contributed by atoms with Gasteiger partial charge in [0.05, 0.1) is 5.92 Å². The van der Waals surface area contributed by atoms with E-state index in [-0.39, 0.29) is 11.9 Å². The van der Waals surface area contributed by atoms with Gasteiger partial charge in [-0.15, -0.1) is 0 Å². The molecule has 1 aliphatic rings. The molecule has 15 heavy (non-hydrogen) atoms. The lowest BCUT2D eigenvalue weighted by atomic mass is 9.99. The van der Waals surface area contributed by atoms with Gasteiger partial charge in [-0.05, 0) is 12.8 Å². The Kier molecular flexibility index (Phi) is 3.55. The van der Waals surface area contributed by atoms with Crippen molar-refractivity contribution in [1.82, 2.24) is 9.80 Å². The van der Waals surface area contributed by atoms with Crippen molar-refractivity contribution in [3.8, 4) is 0 Å². The van der Waals surface area contributed by atoms with Crippen LogP contribution in [-0.4, -0.2) is 53.6 Å². The van der Waals surface area contributed by atoms with Gasteiger partial charge in [0.15, 0.2) is 0 Å². The van der Waals surface area contributed by atoms with Crippen molar-refractivity contribution >= 4 is 12.0 Å². The fraction of sp³-hybridized carbons (Fsp3) is 0.800. The summed E-state index contributed by atoms with van der Waals surface area (Å²) < 4.78 is 0. The average molecular weight is 214 g/mol. The lowest BCUT2D eigenvalue weighted by Crippen LogP contribution is -2.40. The molecule has 2 amide bonds. The summed E-state index contributed by atoms with van der Waals surface area (Å²) in [5.74, 6) is -1.19. The maximum atomic E-state index is 11.7. The van der Waals surface area contributed by atoms with Gasteiger partial charge < -0.3 is 14.9 Å². The quantitative estimate of drug-likeness (QED) is 0.736. The van der Waals surface area contributed by atoms with Crippen molar-refractivity contribution in [2.24, 2.45) is 11.8 Å². The van der Waals surface area contributed by atoms with Gasteiger partial charge in [-0.25, -0.2) is 4.79 Å². The highest BCUT2D eigenvalue weighted by atomic mass is 16.4. The first-order valence-electron chi connectivity index (χ1n) is 5.20. The van der Waals surface area contributed by atoms with Gasteiger partial charge in [-0.3, -0.25) is 4.79 Å². The predicted octanol–water partition coefficient (Wildman–Crippen LogP) is 0.711. The fourth-order valence-corrected chi connectivity index (χ4v) is 1.82. The van der Waals surface area contributed by atoms with Crippen LogP contribution in [0.2, 0.25) is 0 Å². The summed E-state index contributed by atoms with van der Waals surface area (Å²) in [6, 6.07) is -0.0758. The van der Waals surface area contributed by atoms with E-state index in [9.17, 15) is 9.59 Å². The van der Waals surface area contributed by atoms with Gasteiger partial charge >= 0.3 is 12.0 Å². The minimum atomic E-state index is -0.808. The molecule has 5 nitrogen and oxygen atoms in total. The first-order chi connectivity index (χ1) is 6.97. The fourth-order valence-electron chi connectivity index (χ4n) is 1.82. The van der Waals surface area contributed by atoms with E-state index < -0.39 is 11.9 Å². The lowest BCUT2D eigenvalue weighted by molar-refractivity contribution is -0.142. The summed E-state index contributed by atoms with van der Waals surface area (Å²) in [4.78, 5) is 25.8. The molecular formula is C10H18N2O3. The van der Waals surface area contributed by atoms with Crippen LogP contribution >= 0.6 is 0 Å². The van der Waals surface area contributed by atoms with Crippen LogP contribution in [0, 0.1) is 11.8 Å². The molecule has 0 aromatic carbocycles. The van der Waals surface area contributed by atoms with E-state index in [1.54, 1.807) is 16.8 Å². The third-order valence-corrected chi connectivity index (χ3v) is 3.00. The summed E-state index contributed by atoms with van der Waals surface area (Å²) in [5, 5.41) is 8.93. The molecule has 1 rings (SSSR count). The summed E-state index contributed by atoms with van der Waals surface area (Å²) in [6.07, 6.45) is 0. The number of hydrogen-bond donors (Lipinski definition) is 1.